The van der Waals surface area contributed by atoms with E-state index in [9.17, 15) is 4.79 Å². The van der Waals surface area contributed by atoms with Gasteiger partial charge in [0.15, 0.2) is 0 Å². The molecule has 24 heavy (non-hydrogen) atoms. The zero-order valence-corrected chi connectivity index (χ0v) is 14.9. The molecule has 0 spiro atoms. The smallest absolute Gasteiger partial charge is 0.252 e. The number of nitrogens with zero attached hydrogens (tertiary/aromatic N) is 1. The Morgan fingerprint density at radius 2 is 2.17 bits per heavy atom. The van der Waals surface area contributed by atoms with Gasteiger partial charge in [0.25, 0.3) is 5.91 Å². The van der Waals surface area contributed by atoms with Crippen LogP contribution in [0.5, 0.6) is 0 Å². The fourth-order valence-electron chi connectivity index (χ4n) is 3.83. The van der Waals surface area contributed by atoms with E-state index in [4.69, 9.17) is 0 Å². The summed E-state index contributed by atoms with van der Waals surface area (Å²) in [4.78, 5) is 18.6. The molecule has 2 aromatic rings. The Labute approximate surface area is 146 Å². The number of pyridine rings is 1. The summed E-state index contributed by atoms with van der Waals surface area (Å²) in [7, 11) is 0. The Hall–Kier alpha value is -1.72. The molecule has 2 aliphatic rings. The van der Waals surface area contributed by atoms with Crippen molar-refractivity contribution in [3.8, 4) is 0 Å². The molecule has 4 nitrogen and oxygen atoms in total. The molecule has 0 fully saturated rings. The van der Waals surface area contributed by atoms with Crippen LogP contribution >= 0.6 is 11.3 Å². The van der Waals surface area contributed by atoms with Gasteiger partial charge in [0, 0.05) is 35.2 Å². The van der Waals surface area contributed by atoms with Crippen LogP contribution in [0.2, 0.25) is 0 Å². The van der Waals surface area contributed by atoms with Crippen molar-refractivity contribution in [2.75, 3.05) is 6.54 Å². The third-order valence-electron chi connectivity index (χ3n) is 5.20. The van der Waals surface area contributed by atoms with E-state index in [1.54, 1.807) is 11.3 Å². The largest absolute Gasteiger partial charge is 0.348 e. The lowest BCUT2D eigenvalue weighted by atomic mass is 9.95. The lowest BCUT2D eigenvalue weighted by molar-refractivity contribution is 0.0950. The van der Waals surface area contributed by atoms with Crippen molar-refractivity contribution in [1.82, 2.24) is 15.6 Å². The lowest BCUT2D eigenvalue weighted by Crippen LogP contribution is -2.29. The summed E-state index contributed by atoms with van der Waals surface area (Å²) in [6.07, 6.45) is 7.62. The molecule has 1 aliphatic heterocycles. The maximum atomic E-state index is 12.7. The second kappa shape index (κ2) is 6.65. The van der Waals surface area contributed by atoms with Gasteiger partial charge in [0.05, 0.1) is 5.56 Å². The van der Waals surface area contributed by atoms with E-state index in [1.807, 2.05) is 18.5 Å². The molecule has 2 aromatic heterocycles. The van der Waals surface area contributed by atoms with Gasteiger partial charge >= 0.3 is 0 Å². The van der Waals surface area contributed by atoms with Crippen molar-refractivity contribution >= 4 is 17.2 Å². The number of carbonyl (C=O) groups is 1. The zero-order valence-electron chi connectivity index (χ0n) is 14.1. The van der Waals surface area contributed by atoms with E-state index in [0.29, 0.717) is 6.54 Å². The summed E-state index contributed by atoms with van der Waals surface area (Å²) >= 11 is 1.75. The maximum absolute atomic E-state index is 12.7. The molecule has 4 rings (SSSR count). The minimum absolute atomic E-state index is 0.0698. The first-order valence-electron chi connectivity index (χ1n) is 8.78. The maximum Gasteiger partial charge on any atom is 0.252 e. The number of hydrogen-bond donors (Lipinski definition) is 2. The Morgan fingerprint density at radius 3 is 3.08 bits per heavy atom. The van der Waals surface area contributed by atoms with Crippen LogP contribution in [0.25, 0.3) is 0 Å². The highest BCUT2D eigenvalue weighted by molar-refractivity contribution is 7.10. The van der Waals surface area contributed by atoms with E-state index in [0.717, 1.165) is 43.6 Å². The van der Waals surface area contributed by atoms with Crippen molar-refractivity contribution in [3.05, 3.63) is 50.0 Å². The van der Waals surface area contributed by atoms with Crippen LogP contribution < -0.4 is 10.6 Å². The van der Waals surface area contributed by atoms with Crippen LogP contribution in [-0.2, 0) is 32.4 Å². The first-order valence-corrected chi connectivity index (χ1v) is 9.66. The Kier molecular flexibility index (Phi) is 4.37. The van der Waals surface area contributed by atoms with E-state index in [-0.39, 0.29) is 5.91 Å². The van der Waals surface area contributed by atoms with Crippen LogP contribution in [-0.4, -0.2) is 17.4 Å². The number of aryl methyl sites for hydroxylation is 2. The van der Waals surface area contributed by atoms with Gasteiger partial charge in [-0.15, -0.1) is 11.3 Å². The van der Waals surface area contributed by atoms with Crippen LogP contribution in [0.4, 0.5) is 0 Å². The van der Waals surface area contributed by atoms with Crippen molar-refractivity contribution in [3.63, 3.8) is 0 Å². The lowest BCUT2D eigenvalue weighted by Gasteiger charge is -2.21. The summed E-state index contributed by atoms with van der Waals surface area (Å²) in [6, 6.07) is 0. The number of rotatable bonds is 3. The Balaban J connectivity index is 1.53. The minimum atomic E-state index is 0.0698. The Bertz CT molecular complexity index is 781. The molecule has 5 heteroatoms. The van der Waals surface area contributed by atoms with Gasteiger partial charge in [-0.1, -0.05) is 0 Å². The molecule has 2 N–H and O–H groups in total. The number of fused-ring (bicyclic) bond motifs is 2. The molecule has 0 saturated carbocycles. The summed E-state index contributed by atoms with van der Waals surface area (Å²) in [5.74, 6) is 0.0698. The van der Waals surface area contributed by atoms with Crippen LogP contribution in [0.3, 0.4) is 0 Å². The zero-order chi connectivity index (χ0) is 16.5. The number of amides is 1. The summed E-state index contributed by atoms with van der Waals surface area (Å²) in [6.45, 7) is 4.48. The average Bonchev–Trinajstić information content (AvgIpc) is 3.05. The van der Waals surface area contributed by atoms with Crippen LogP contribution in [0.1, 0.15) is 56.0 Å². The molecular weight excluding hydrogens is 318 g/mol. The van der Waals surface area contributed by atoms with Gasteiger partial charge in [-0.05, 0) is 67.8 Å². The van der Waals surface area contributed by atoms with Gasteiger partial charge in [-0.2, -0.15) is 0 Å². The fraction of sp³-hybridized carbons (Fsp3) is 0.474. The Morgan fingerprint density at radius 1 is 1.29 bits per heavy atom. The quantitative estimate of drug-likeness (QED) is 0.902. The first-order chi connectivity index (χ1) is 11.7. The third-order valence-corrected chi connectivity index (χ3v) is 6.29. The van der Waals surface area contributed by atoms with E-state index in [2.05, 4.69) is 15.6 Å². The normalized spacial score (nSPS) is 16.4. The van der Waals surface area contributed by atoms with Crippen molar-refractivity contribution in [1.29, 1.82) is 0 Å². The molecular formula is C19H23N3OS. The highest BCUT2D eigenvalue weighted by atomic mass is 32.1. The average molecular weight is 341 g/mol. The number of carbonyl (C=O) groups excluding carboxylic acids is 1. The highest BCUT2D eigenvalue weighted by Crippen LogP contribution is 2.30. The van der Waals surface area contributed by atoms with Crippen molar-refractivity contribution < 1.29 is 4.79 Å². The second-order valence-electron chi connectivity index (χ2n) is 6.69. The number of nitrogens with one attached hydrogen (secondary N) is 2. The molecule has 0 aromatic carbocycles. The van der Waals surface area contributed by atoms with Crippen molar-refractivity contribution in [2.24, 2.45) is 0 Å². The summed E-state index contributed by atoms with van der Waals surface area (Å²) in [5, 5.41) is 8.58. The van der Waals surface area contributed by atoms with Gasteiger partial charge in [-0.25, -0.2) is 0 Å². The monoisotopic (exact) mass is 341 g/mol. The predicted octanol–water partition coefficient (Wildman–Crippen LogP) is 2.91. The first kappa shape index (κ1) is 15.8. The predicted molar refractivity (Wildman–Crippen MR) is 96.5 cm³/mol. The molecule has 0 saturated heterocycles. The summed E-state index contributed by atoms with van der Waals surface area (Å²) in [5.41, 5.74) is 7.05. The number of hydrogen-bond acceptors (Lipinski definition) is 4. The van der Waals surface area contributed by atoms with Crippen LogP contribution in [0.15, 0.2) is 11.6 Å². The summed E-state index contributed by atoms with van der Waals surface area (Å²) < 4.78 is 0. The fourth-order valence-corrected chi connectivity index (χ4v) is 4.95. The van der Waals surface area contributed by atoms with Gasteiger partial charge in [-0.3, -0.25) is 9.78 Å². The standard InChI is InChI=1S/C19H23N3OS/c1-12-16(14-6-7-20-8-13(14)9-21-12)10-22-19(23)17-11-24-18-5-3-2-4-15(17)18/h9,11,20H,2-8,10H2,1H3,(H,22,23). The second-order valence-corrected chi connectivity index (χ2v) is 7.66. The van der Waals surface area contributed by atoms with E-state index in [1.165, 1.54) is 40.0 Å². The molecule has 0 bridgehead atoms. The third kappa shape index (κ3) is 2.87. The molecule has 0 atom stereocenters. The number of aromatic nitrogens is 1. The molecule has 0 radical (unpaired) electrons. The van der Waals surface area contributed by atoms with E-state index >= 15 is 0 Å². The van der Waals surface area contributed by atoms with Gasteiger partial charge in [0.1, 0.15) is 0 Å². The number of thiophene rings is 1. The molecule has 3 heterocycles. The molecule has 1 aliphatic carbocycles. The topological polar surface area (TPSA) is 54.0 Å². The SMILES string of the molecule is Cc1ncc2c(c1CNC(=O)c1csc3c1CCCC3)CCNC2. The molecule has 0 unspecified atom stereocenters. The highest BCUT2D eigenvalue weighted by Gasteiger charge is 2.21. The molecule has 126 valence electrons. The van der Waals surface area contributed by atoms with Crippen molar-refractivity contribution in [2.45, 2.75) is 52.1 Å². The van der Waals surface area contributed by atoms with Crippen LogP contribution in [0, 0.1) is 6.92 Å². The molecule has 1 amide bonds. The van der Waals surface area contributed by atoms with Gasteiger partial charge in [0.2, 0.25) is 0 Å². The van der Waals surface area contributed by atoms with Gasteiger partial charge < -0.3 is 10.6 Å². The van der Waals surface area contributed by atoms with E-state index < -0.39 is 0 Å². The minimum Gasteiger partial charge on any atom is -0.348 e.